The van der Waals surface area contributed by atoms with E-state index in [1.807, 2.05) is 50.2 Å². The van der Waals surface area contributed by atoms with Gasteiger partial charge in [0.25, 0.3) is 0 Å². The molecule has 1 amide bonds. The van der Waals surface area contributed by atoms with Crippen LogP contribution >= 0.6 is 0 Å². The van der Waals surface area contributed by atoms with Gasteiger partial charge in [-0.15, -0.1) is 5.10 Å². The zero-order valence-electron chi connectivity index (χ0n) is 18.9. The van der Waals surface area contributed by atoms with E-state index in [9.17, 15) is 4.79 Å². The average molecular weight is 453 g/mol. The predicted molar refractivity (Wildman–Crippen MR) is 123 cm³/mol. The number of benzene rings is 2. The lowest BCUT2D eigenvalue weighted by molar-refractivity contribution is -0.115. The van der Waals surface area contributed by atoms with E-state index in [-0.39, 0.29) is 12.3 Å². The Balaban J connectivity index is 1.51. The number of nitrogens with zero attached hydrogens (tertiary/aromatic N) is 5. The quantitative estimate of drug-likeness (QED) is 0.528. The van der Waals surface area contributed by atoms with Crippen LogP contribution in [-0.4, -0.2) is 65.6 Å². The van der Waals surface area contributed by atoms with Gasteiger partial charge in [0, 0.05) is 25.2 Å². The van der Waals surface area contributed by atoms with Gasteiger partial charge in [0.2, 0.25) is 5.91 Å². The van der Waals surface area contributed by atoms with Crippen LogP contribution in [0.15, 0.2) is 42.7 Å². The highest BCUT2D eigenvalue weighted by molar-refractivity contribution is 5.94. The fourth-order valence-corrected chi connectivity index (χ4v) is 3.67. The number of morpholine rings is 1. The third-order valence-electron chi connectivity index (χ3n) is 5.20. The van der Waals surface area contributed by atoms with E-state index >= 15 is 0 Å². The van der Waals surface area contributed by atoms with Crippen LogP contribution in [-0.2, 0) is 16.0 Å². The van der Waals surface area contributed by atoms with E-state index in [2.05, 4.69) is 25.7 Å². The molecule has 0 unspecified atom stereocenters. The monoisotopic (exact) mass is 452 g/mol. The number of hydrogen-bond donors (Lipinski definition) is 1. The Morgan fingerprint density at radius 1 is 1.06 bits per heavy atom. The lowest BCUT2D eigenvalue weighted by Gasteiger charge is -2.31. The SMILES string of the molecule is CCOc1cc(N2CCOCC2)c(OCC)cc1NC(=O)Cc1ccc(-n2cnnn2)cc1. The zero-order chi connectivity index (χ0) is 23.0. The van der Waals surface area contributed by atoms with Crippen molar-refractivity contribution in [2.24, 2.45) is 0 Å². The van der Waals surface area contributed by atoms with Gasteiger partial charge in [-0.2, -0.15) is 0 Å². The topological polar surface area (TPSA) is 104 Å². The van der Waals surface area contributed by atoms with E-state index in [1.54, 1.807) is 4.68 Å². The minimum Gasteiger partial charge on any atom is -0.492 e. The number of tetrazole rings is 1. The Morgan fingerprint density at radius 2 is 1.79 bits per heavy atom. The van der Waals surface area contributed by atoms with Crippen molar-refractivity contribution < 1.29 is 19.0 Å². The Hall–Kier alpha value is -3.66. The Morgan fingerprint density at radius 3 is 2.45 bits per heavy atom. The van der Waals surface area contributed by atoms with Crippen molar-refractivity contribution in [1.29, 1.82) is 0 Å². The van der Waals surface area contributed by atoms with Gasteiger partial charge in [-0.1, -0.05) is 12.1 Å². The van der Waals surface area contributed by atoms with E-state index < -0.39 is 0 Å². The maximum Gasteiger partial charge on any atom is 0.228 e. The third kappa shape index (κ3) is 5.58. The fraction of sp³-hybridized carbons (Fsp3) is 0.391. The summed E-state index contributed by atoms with van der Waals surface area (Å²) < 4.78 is 18.8. The van der Waals surface area contributed by atoms with Gasteiger partial charge in [-0.05, 0) is 42.0 Å². The minimum absolute atomic E-state index is 0.146. The summed E-state index contributed by atoms with van der Waals surface area (Å²) >= 11 is 0. The molecule has 2 aromatic carbocycles. The number of carbonyl (C=O) groups is 1. The van der Waals surface area contributed by atoms with Crippen molar-refractivity contribution in [2.45, 2.75) is 20.3 Å². The highest BCUT2D eigenvalue weighted by Gasteiger charge is 2.20. The second-order valence-electron chi connectivity index (χ2n) is 7.43. The molecule has 0 radical (unpaired) electrons. The minimum atomic E-state index is -0.146. The number of amides is 1. The molecule has 0 aliphatic carbocycles. The molecule has 0 atom stereocenters. The molecule has 1 N–H and O–H groups in total. The molecule has 3 aromatic rings. The number of aromatic nitrogens is 4. The Kier molecular flexibility index (Phi) is 7.36. The molecule has 0 bridgehead atoms. The molecule has 33 heavy (non-hydrogen) atoms. The maximum atomic E-state index is 12.8. The first kappa shape index (κ1) is 22.5. The lowest BCUT2D eigenvalue weighted by atomic mass is 10.1. The van der Waals surface area contributed by atoms with E-state index in [0.29, 0.717) is 43.6 Å². The average Bonchev–Trinajstić information content (AvgIpc) is 3.37. The van der Waals surface area contributed by atoms with Gasteiger partial charge in [0.15, 0.2) is 0 Å². The van der Waals surface area contributed by atoms with E-state index in [1.165, 1.54) is 6.33 Å². The molecule has 1 aliphatic heterocycles. The summed E-state index contributed by atoms with van der Waals surface area (Å²) in [6, 6.07) is 11.3. The molecule has 10 heteroatoms. The first-order valence-corrected chi connectivity index (χ1v) is 11.1. The maximum absolute atomic E-state index is 12.8. The van der Waals surface area contributed by atoms with E-state index in [0.717, 1.165) is 30.0 Å². The molecule has 1 aliphatic rings. The summed E-state index contributed by atoms with van der Waals surface area (Å²) in [5.74, 6) is 1.18. The van der Waals surface area contributed by atoms with Crippen molar-refractivity contribution in [1.82, 2.24) is 20.2 Å². The molecule has 2 heterocycles. The molecule has 174 valence electrons. The number of hydrogen-bond acceptors (Lipinski definition) is 8. The van der Waals surface area contributed by atoms with E-state index in [4.69, 9.17) is 14.2 Å². The second-order valence-corrected chi connectivity index (χ2v) is 7.43. The van der Waals surface area contributed by atoms with Gasteiger partial charge < -0.3 is 24.4 Å². The van der Waals surface area contributed by atoms with Crippen LogP contribution < -0.4 is 19.7 Å². The summed E-state index contributed by atoms with van der Waals surface area (Å²) in [6.07, 6.45) is 1.74. The standard InChI is InChI=1S/C23H28N6O4/c1-3-32-21-15-20(28-9-11-31-12-10-28)22(33-4-2)14-19(21)25-23(30)13-17-5-7-18(8-6-17)29-16-24-26-27-29/h5-8,14-16H,3-4,9-13H2,1-2H3,(H,25,30). The summed E-state index contributed by atoms with van der Waals surface area (Å²) in [7, 11) is 0. The van der Waals surface area contributed by atoms with Crippen LogP contribution in [0, 0.1) is 0 Å². The van der Waals surface area contributed by atoms with Gasteiger partial charge >= 0.3 is 0 Å². The number of rotatable bonds is 9. The van der Waals surface area contributed by atoms with Crippen LogP contribution in [0.4, 0.5) is 11.4 Å². The van der Waals surface area contributed by atoms with Crippen LogP contribution in [0.3, 0.4) is 0 Å². The fourth-order valence-electron chi connectivity index (χ4n) is 3.67. The summed E-state index contributed by atoms with van der Waals surface area (Å²) in [4.78, 5) is 15.1. The molecule has 4 rings (SSSR count). The van der Waals surface area contributed by atoms with Crippen molar-refractivity contribution in [3.8, 4) is 17.2 Å². The van der Waals surface area contributed by atoms with Crippen LogP contribution in [0.1, 0.15) is 19.4 Å². The molecular weight excluding hydrogens is 424 g/mol. The van der Waals surface area contributed by atoms with Gasteiger partial charge in [0.05, 0.1) is 49.9 Å². The summed E-state index contributed by atoms with van der Waals surface area (Å²) in [5.41, 5.74) is 3.23. The smallest absolute Gasteiger partial charge is 0.228 e. The number of nitrogens with one attached hydrogen (secondary N) is 1. The van der Waals surface area contributed by atoms with Gasteiger partial charge in [0.1, 0.15) is 17.8 Å². The molecular formula is C23H28N6O4. The van der Waals surface area contributed by atoms with Crippen LogP contribution in [0.25, 0.3) is 5.69 Å². The molecule has 10 nitrogen and oxygen atoms in total. The summed E-state index contributed by atoms with van der Waals surface area (Å²) in [6.45, 7) is 7.75. The van der Waals surface area contributed by atoms with Crippen molar-refractivity contribution in [3.05, 3.63) is 48.3 Å². The molecule has 1 fully saturated rings. The zero-order valence-corrected chi connectivity index (χ0v) is 18.9. The van der Waals surface area contributed by atoms with Crippen LogP contribution in [0.2, 0.25) is 0 Å². The predicted octanol–water partition coefficient (Wildman–Crippen LogP) is 2.48. The number of ether oxygens (including phenoxy) is 3. The van der Waals surface area contributed by atoms with Crippen LogP contribution in [0.5, 0.6) is 11.5 Å². The number of carbonyl (C=O) groups excluding carboxylic acids is 1. The Labute approximate surface area is 192 Å². The van der Waals surface area contributed by atoms with Gasteiger partial charge in [-0.25, -0.2) is 4.68 Å². The highest BCUT2D eigenvalue weighted by atomic mass is 16.5. The van der Waals surface area contributed by atoms with Crippen molar-refractivity contribution in [2.75, 3.05) is 49.7 Å². The third-order valence-corrected chi connectivity index (χ3v) is 5.20. The first-order chi connectivity index (χ1) is 16.2. The molecule has 0 saturated carbocycles. The first-order valence-electron chi connectivity index (χ1n) is 11.1. The normalized spacial score (nSPS) is 13.6. The molecule has 1 aromatic heterocycles. The summed E-state index contributed by atoms with van der Waals surface area (Å²) in [5, 5.41) is 14.1. The van der Waals surface area contributed by atoms with Crippen molar-refractivity contribution >= 4 is 17.3 Å². The van der Waals surface area contributed by atoms with Crippen molar-refractivity contribution in [3.63, 3.8) is 0 Å². The largest absolute Gasteiger partial charge is 0.492 e. The molecule has 1 saturated heterocycles. The highest BCUT2D eigenvalue weighted by Crippen LogP contribution is 2.39. The molecule has 0 spiro atoms. The second kappa shape index (κ2) is 10.8. The number of anilines is 2. The van der Waals surface area contributed by atoms with Gasteiger partial charge in [-0.3, -0.25) is 4.79 Å². The Bertz CT molecular complexity index is 1050. The lowest BCUT2D eigenvalue weighted by Crippen LogP contribution is -2.36.